The summed E-state index contributed by atoms with van der Waals surface area (Å²) in [7, 11) is 0. The zero-order valence-electron chi connectivity index (χ0n) is 15.3. The third-order valence-corrected chi connectivity index (χ3v) is 5.98. The highest BCUT2D eigenvalue weighted by Gasteiger charge is 2.25. The van der Waals surface area contributed by atoms with Gasteiger partial charge in [0.05, 0.1) is 0 Å². The summed E-state index contributed by atoms with van der Waals surface area (Å²) < 4.78 is 0. The minimum atomic E-state index is 0.425. The lowest BCUT2D eigenvalue weighted by Crippen LogP contribution is -2.50. The molecule has 1 aromatic rings. The van der Waals surface area contributed by atoms with Crippen LogP contribution in [0.5, 0.6) is 0 Å². The number of hydrogen-bond acceptors (Lipinski definition) is 1. The molecule has 0 radical (unpaired) electrons. The number of guanidine groups is 1. The first kappa shape index (κ1) is 18.6. The molecule has 138 valence electrons. The van der Waals surface area contributed by atoms with Gasteiger partial charge in [-0.25, -0.2) is 0 Å². The summed E-state index contributed by atoms with van der Waals surface area (Å²) in [5.74, 6) is 0.584. The van der Waals surface area contributed by atoms with Crippen molar-refractivity contribution in [3.8, 4) is 0 Å². The smallest absolute Gasteiger partial charge is 0.196 e. The molecule has 0 aliphatic heterocycles. The quantitative estimate of drug-likeness (QED) is 0.387. The van der Waals surface area contributed by atoms with E-state index in [1.165, 1.54) is 77.0 Å². The van der Waals surface area contributed by atoms with Gasteiger partial charge in [0, 0.05) is 22.8 Å². The molecule has 0 amide bonds. The van der Waals surface area contributed by atoms with E-state index in [9.17, 15) is 0 Å². The van der Waals surface area contributed by atoms with Gasteiger partial charge in [-0.05, 0) is 49.9 Å². The Balaban J connectivity index is 1.76. The second kappa shape index (κ2) is 9.47. The molecule has 0 aromatic heterocycles. The molecule has 1 aromatic carbocycles. The summed E-state index contributed by atoms with van der Waals surface area (Å²) in [6, 6.07) is 8.90. The van der Waals surface area contributed by atoms with Crippen LogP contribution in [0.25, 0.3) is 0 Å². The van der Waals surface area contributed by atoms with Crippen LogP contribution in [0.1, 0.15) is 77.0 Å². The summed E-state index contributed by atoms with van der Waals surface area (Å²) >= 11 is 6.09. The van der Waals surface area contributed by atoms with Crippen LogP contribution in [0.15, 0.2) is 24.3 Å². The van der Waals surface area contributed by atoms with Crippen molar-refractivity contribution < 1.29 is 0 Å². The highest BCUT2D eigenvalue weighted by atomic mass is 35.5. The Bertz CT molecular complexity index is 527. The first-order valence-electron chi connectivity index (χ1n) is 10.1. The average molecular weight is 362 g/mol. The van der Waals surface area contributed by atoms with Gasteiger partial charge in [-0.15, -0.1) is 0 Å². The van der Waals surface area contributed by atoms with Crippen molar-refractivity contribution in [2.75, 3.05) is 4.90 Å². The minimum Gasteiger partial charge on any atom is -0.353 e. The van der Waals surface area contributed by atoms with Crippen LogP contribution in [0.4, 0.5) is 5.69 Å². The molecule has 2 saturated carbocycles. The van der Waals surface area contributed by atoms with E-state index < -0.39 is 0 Å². The fourth-order valence-electron chi connectivity index (χ4n) is 4.33. The molecule has 3 nitrogen and oxygen atoms in total. The molecule has 0 saturated heterocycles. The predicted octanol–water partition coefficient (Wildman–Crippen LogP) is 6.12. The van der Waals surface area contributed by atoms with E-state index in [4.69, 9.17) is 17.0 Å². The fraction of sp³-hybridized carbons (Fsp3) is 0.667. The van der Waals surface area contributed by atoms with E-state index in [2.05, 4.69) is 22.3 Å². The van der Waals surface area contributed by atoms with Gasteiger partial charge < -0.3 is 10.2 Å². The summed E-state index contributed by atoms with van der Waals surface area (Å²) in [4.78, 5) is 2.24. The number of hydrogen-bond donors (Lipinski definition) is 2. The van der Waals surface area contributed by atoms with Crippen molar-refractivity contribution in [3.63, 3.8) is 0 Å². The highest BCUT2D eigenvalue weighted by molar-refractivity contribution is 6.30. The van der Waals surface area contributed by atoms with Crippen LogP contribution in [-0.2, 0) is 0 Å². The number of nitrogens with zero attached hydrogens (tertiary/aromatic N) is 1. The van der Waals surface area contributed by atoms with Crippen LogP contribution in [0, 0.1) is 5.41 Å². The summed E-state index contributed by atoms with van der Waals surface area (Å²) in [5.41, 5.74) is 1.10. The standard InChI is InChI=1S/C21H32ClN3/c22-17-13-15-20(16-14-17)25(19-11-7-3-4-8-12-19)21(23)24-18-9-5-1-2-6-10-18/h13-16,18-19H,1-12H2,(H2,23,24). The Kier molecular flexibility index (Phi) is 7.03. The van der Waals surface area contributed by atoms with E-state index in [0.29, 0.717) is 18.0 Å². The Morgan fingerprint density at radius 3 is 1.92 bits per heavy atom. The predicted molar refractivity (Wildman–Crippen MR) is 108 cm³/mol. The monoisotopic (exact) mass is 361 g/mol. The van der Waals surface area contributed by atoms with Crippen LogP contribution >= 0.6 is 11.6 Å². The van der Waals surface area contributed by atoms with Gasteiger partial charge in [0.2, 0.25) is 0 Å². The van der Waals surface area contributed by atoms with E-state index in [1.807, 2.05) is 12.1 Å². The molecule has 25 heavy (non-hydrogen) atoms. The molecule has 2 aliphatic carbocycles. The number of nitrogens with one attached hydrogen (secondary N) is 2. The number of halogens is 1. The number of anilines is 1. The Hall–Kier alpha value is -1.22. The average Bonchev–Trinajstić information content (AvgIpc) is 3.02. The number of benzene rings is 1. The van der Waals surface area contributed by atoms with E-state index >= 15 is 0 Å². The van der Waals surface area contributed by atoms with Gasteiger partial charge in [0.15, 0.2) is 5.96 Å². The van der Waals surface area contributed by atoms with Gasteiger partial charge in [0.1, 0.15) is 0 Å². The third kappa shape index (κ3) is 5.37. The summed E-state index contributed by atoms with van der Waals surface area (Å²) in [6.45, 7) is 0. The second-order valence-electron chi connectivity index (χ2n) is 7.67. The lowest BCUT2D eigenvalue weighted by atomic mass is 10.1. The van der Waals surface area contributed by atoms with Gasteiger partial charge in [-0.3, -0.25) is 5.41 Å². The first-order chi connectivity index (χ1) is 12.2. The largest absolute Gasteiger partial charge is 0.353 e. The van der Waals surface area contributed by atoms with Crippen LogP contribution in [-0.4, -0.2) is 18.0 Å². The van der Waals surface area contributed by atoms with Gasteiger partial charge in [0.25, 0.3) is 0 Å². The van der Waals surface area contributed by atoms with Gasteiger partial charge in [-0.1, -0.05) is 63.0 Å². The summed E-state index contributed by atoms with van der Waals surface area (Å²) in [6.07, 6.45) is 15.2. The number of rotatable bonds is 3. The molecule has 2 aliphatic rings. The molecular weight excluding hydrogens is 330 g/mol. The molecule has 2 fully saturated rings. The van der Waals surface area contributed by atoms with Gasteiger partial charge >= 0.3 is 0 Å². The van der Waals surface area contributed by atoms with E-state index in [0.717, 1.165) is 10.7 Å². The topological polar surface area (TPSA) is 39.1 Å². The van der Waals surface area contributed by atoms with Crippen molar-refractivity contribution in [1.82, 2.24) is 5.32 Å². The van der Waals surface area contributed by atoms with Crippen LogP contribution in [0.2, 0.25) is 5.02 Å². The van der Waals surface area contributed by atoms with Crippen molar-refractivity contribution in [3.05, 3.63) is 29.3 Å². The van der Waals surface area contributed by atoms with Gasteiger partial charge in [-0.2, -0.15) is 0 Å². The first-order valence-corrected chi connectivity index (χ1v) is 10.5. The highest BCUT2D eigenvalue weighted by Crippen LogP contribution is 2.28. The van der Waals surface area contributed by atoms with Crippen molar-refractivity contribution in [2.24, 2.45) is 0 Å². The lowest BCUT2D eigenvalue weighted by molar-refractivity contribution is 0.513. The maximum Gasteiger partial charge on any atom is 0.196 e. The molecular formula is C21H32ClN3. The minimum absolute atomic E-state index is 0.425. The fourth-order valence-corrected chi connectivity index (χ4v) is 4.45. The zero-order chi connectivity index (χ0) is 17.5. The molecule has 2 N–H and O–H groups in total. The molecule has 0 unspecified atom stereocenters. The molecule has 4 heteroatoms. The molecule has 3 rings (SSSR count). The molecule has 0 spiro atoms. The Morgan fingerprint density at radius 2 is 1.36 bits per heavy atom. The second-order valence-corrected chi connectivity index (χ2v) is 8.11. The zero-order valence-corrected chi connectivity index (χ0v) is 16.0. The maximum absolute atomic E-state index is 8.83. The Labute approximate surface area is 157 Å². The SMILES string of the molecule is N=C(NC1CCCCCC1)N(c1ccc(Cl)cc1)C1CCCCCC1. The lowest BCUT2D eigenvalue weighted by Gasteiger charge is -2.35. The maximum atomic E-state index is 8.83. The normalized spacial score (nSPS) is 20.5. The van der Waals surface area contributed by atoms with Crippen LogP contribution in [0.3, 0.4) is 0 Å². The van der Waals surface area contributed by atoms with Crippen molar-refractivity contribution >= 4 is 23.2 Å². The third-order valence-electron chi connectivity index (χ3n) is 5.73. The van der Waals surface area contributed by atoms with Crippen LogP contribution < -0.4 is 10.2 Å². The van der Waals surface area contributed by atoms with Crippen molar-refractivity contribution in [2.45, 2.75) is 89.1 Å². The molecule has 0 atom stereocenters. The van der Waals surface area contributed by atoms with Crippen molar-refractivity contribution in [1.29, 1.82) is 5.41 Å². The molecule has 0 heterocycles. The van der Waals surface area contributed by atoms with E-state index in [1.54, 1.807) is 0 Å². The molecule has 0 bridgehead atoms. The van der Waals surface area contributed by atoms with E-state index in [-0.39, 0.29) is 0 Å². The Morgan fingerprint density at radius 1 is 0.840 bits per heavy atom. The summed E-state index contributed by atoms with van der Waals surface area (Å²) in [5, 5.41) is 13.2.